The maximum Gasteiger partial charge on any atom is 0.175 e. The molecule has 0 fully saturated rings. The minimum Gasteiger partial charge on any atom is -0.470 e. The second kappa shape index (κ2) is 3.81. The average Bonchev–Trinajstić information content (AvgIpc) is 2.39. The Morgan fingerprint density at radius 3 is 2.50 bits per heavy atom. The number of nitrogens with zero attached hydrogens (tertiary/aromatic N) is 1. The Balaban J connectivity index is 2.09. The second-order valence-electron chi connectivity index (χ2n) is 3.72. The summed E-state index contributed by atoms with van der Waals surface area (Å²) in [6.45, 7) is 0. The summed E-state index contributed by atoms with van der Waals surface area (Å²) in [4.78, 5) is 4.22. The lowest BCUT2D eigenvalue weighted by molar-refractivity contribution is 0.242. The first-order chi connectivity index (χ1) is 7.95. The summed E-state index contributed by atoms with van der Waals surface area (Å²) >= 11 is 0. The van der Waals surface area contributed by atoms with Crippen LogP contribution in [0.1, 0.15) is 17.2 Å². The van der Waals surface area contributed by atoms with Crippen molar-refractivity contribution in [2.24, 2.45) is 4.99 Å². The Morgan fingerprint density at radius 1 is 0.875 bits per heavy atom. The van der Waals surface area contributed by atoms with Gasteiger partial charge in [0, 0.05) is 5.56 Å². The zero-order chi connectivity index (χ0) is 10.8. The quantitative estimate of drug-likeness (QED) is 0.704. The van der Waals surface area contributed by atoms with E-state index < -0.39 is 0 Å². The van der Waals surface area contributed by atoms with Gasteiger partial charge in [-0.05, 0) is 11.6 Å². The summed E-state index contributed by atoms with van der Waals surface area (Å²) in [5, 5.41) is 0. The Labute approximate surface area is 94.2 Å². The smallest absolute Gasteiger partial charge is 0.175 e. The molecule has 0 spiro atoms. The van der Waals surface area contributed by atoms with Crippen LogP contribution < -0.4 is 0 Å². The standard InChI is InChI=1S/C14H11NO/c1-2-6-11(7-3-1)14-12-8-4-5-9-13(12)15-10-16-14/h1-10,14H. The molecule has 78 valence electrons. The van der Waals surface area contributed by atoms with E-state index >= 15 is 0 Å². The van der Waals surface area contributed by atoms with E-state index in [4.69, 9.17) is 4.74 Å². The molecule has 0 bridgehead atoms. The molecule has 1 unspecified atom stereocenters. The van der Waals surface area contributed by atoms with E-state index in [0.29, 0.717) is 0 Å². The summed E-state index contributed by atoms with van der Waals surface area (Å²) in [6.07, 6.45) is 1.50. The van der Waals surface area contributed by atoms with Gasteiger partial charge in [0.1, 0.15) is 0 Å². The molecule has 0 amide bonds. The number of rotatable bonds is 1. The maximum atomic E-state index is 5.60. The first-order valence-corrected chi connectivity index (χ1v) is 5.27. The topological polar surface area (TPSA) is 21.6 Å². The molecule has 16 heavy (non-hydrogen) atoms. The highest BCUT2D eigenvalue weighted by molar-refractivity contribution is 5.64. The summed E-state index contributed by atoms with van der Waals surface area (Å²) in [7, 11) is 0. The molecule has 3 rings (SSSR count). The fourth-order valence-electron chi connectivity index (χ4n) is 1.93. The number of aliphatic imine (C=N–C) groups is 1. The van der Waals surface area contributed by atoms with Crippen LogP contribution in [0.4, 0.5) is 5.69 Å². The van der Waals surface area contributed by atoms with E-state index in [1.54, 1.807) is 0 Å². The van der Waals surface area contributed by atoms with Crippen LogP contribution in [0.3, 0.4) is 0 Å². The molecule has 0 aromatic heterocycles. The molecular weight excluding hydrogens is 198 g/mol. The van der Waals surface area contributed by atoms with Gasteiger partial charge < -0.3 is 4.74 Å². The maximum absolute atomic E-state index is 5.60. The van der Waals surface area contributed by atoms with Crippen molar-refractivity contribution in [1.82, 2.24) is 0 Å². The summed E-state index contributed by atoms with van der Waals surface area (Å²) in [6, 6.07) is 18.3. The van der Waals surface area contributed by atoms with E-state index in [9.17, 15) is 0 Å². The fourth-order valence-corrected chi connectivity index (χ4v) is 1.93. The van der Waals surface area contributed by atoms with Crippen molar-refractivity contribution < 1.29 is 4.74 Å². The molecule has 0 aliphatic carbocycles. The Bertz CT molecular complexity index is 519. The van der Waals surface area contributed by atoms with Gasteiger partial charge in [-0.3, -0.25) is 0 Å². The third-order valence-electron chi connectivity index (χ3n) is 2.71. The van der Waals surface area contributed by atoms with Gasteiger partial charge in [0.15, 0.2) is 12.5 Å². The van der Waals surface area contributed by atoms with Crippen LogP contribution in [0, 0.1) is 0 Å². The van der Waals surface area contributed by atoms with Crippen LogP contribution in [0.15, 0.2) is 59.6 Å². The monoisotopic (exact) mass is 209 g/mol. The highest BCUT2D eigenvalue weighted by atomic mass is 16.5. The predicted molar refractivity (Wildman–Crippen MR) is 64.0 cm³/mol. The van der Waals surface area contributed by atoms with Crippen molar-refractivity contribution in [1.29, 1.82) is 0 Å². The third-order valence-corrected chi connectivity index (χ3v) is 2.71. The van der Waals surface area contributed by atoms with Crippen molar-refractivity contribution in [2.75, 3.05) is 0 Å². The van der Waals surface area contributed by atoms with Gasteiger partial charge >= 0.3 is 0 Å². The van der Waals surface area contributed by atoms with E-state index in [-0.39, 0.29) is 6.10 Å². The van der Waals surface area contributed by atoms with Gasteiger partial charge in [-0.1, -0.05) is 48.5 Å². The molecule has 0 radical (unpaired) electrons. The number of para-hydroxylation sites is 1. The van der Waals surface area contributed by atoms with Crippen molar-refractivity contribution in [3.05, 3.63) is 65.7 Å². The Hall–Kier alpha value is -2.09. The number of ether oxygens (including phenoxy) is 1. The first-order valence-electron chi connectivity index (χ1n) is 5.27. The molecule has 1 aliphatic heterocycles. The number of hydrogen-bond donors (Lipinski definition) is 0. The van der Waals surface area contributed by atoms with Gasteiger partial charge in [-0.2, -0.15) is 0 Å². The largest absolute Gasteiger partial charge is 0.470 e. The molecule has 1 atom stereocenters. The summed E-state index contributed by atoms with van der Waals surface area (Å²) < 4.78 is 5.60. The van der Waals surface area contributed by atoms with Crippen molar-refractivity contribution in [3.63, 3.8) is 0 Å². The molecule has 2 aromatic rings. The molecule has 1 aliphatic rings. The fraction of sp³-hybridized carbons (Fsp3) is 0.0714. The van der Waals surface area contributed by atoms with Crippen LogP contribution in [0.2, 0.25) is 0 Å². The van der Waals surface area contributed by atoms with Gasteiger partial charge in [0.2, 0.25) is 0 Å². The van der Waals surface area contributed by atoms with Crippen LogP contribution in [-0.4, -0.2) is 6.40 Å². The van der Waals surface area contributed by atoms with E-state index in [2.05, 4.69) is 23.2 Å². The van der Waals surface area contributed by atoms with Crippen LogP contribution in [0.25, 0.3) is 0 Å². The first kappa shape index (κ1) is 9.16. The molecule has 0 saturated heterocycles. The number of benzene rings is 2. The normalized spacial score (nSPS) is 17.6. The van der Waals surface area contributed by atoms with Crippen LogP contribution in [0.5, 0.6) is 0 Å². The minimum atomic E-state index is -0.0325. The Morgan fingerprint density at radius 2 is 1.62 bits per heavy atom. The number of fused-ring (bicyclic) bond motifs is 1. The molecule has 2 heteroatoms. The molecule has 1 heterocycles. The van der Waals surface area contributed by atoms with Gasteiger partial charge in [-0.15, -0.1) is 0 Å². The molecular formula is C14H11NO. The zero-order valence-corrected chi connectivity index (χ0v) is 8.71. The van der Waals surface area contributed by atoms with Crippen molar-refractivity contribution in [3.8, 4) is 0 Å². The predicted octanol–water partition coefficient (Wildman–Crippen LogP) is 3.47. The van der Waals surface area contributed by atoms with Gasteiger partial charge in [-0.25, -0.2) is 4.99 Å². The van der Waals surface area contributed by atoms with Gasteiger partial charge in [0.25, 0.3) is 0 Å². The average molecular weight is 209 g/mol. The van der Waals surface area contributed by atoms with Crippen LogP contribution in [-0.2, 0) is 4.74 Å². The van der Waals surface area contributed by atoms with Gasteiger partial charge in [0.05, 0.1) is 5.69 Å². The highest BCUT2D eigenvalue weighted by Gasteiger charge is 2.20. The highest BCUT2D eigenvalue weighted by Crippen LogP contribution is 2.34. The second-order valence-corrected chi connectivity index (χ2v) is 3.72. The van der Waals surface area contributed by atoms with Crippen molar-refractivity contribution in [2.45, 2.75) is 6.10 Å². The zero-order valence-electron chi connectivity index (χ0n) is 8.71. The molecule has 2 nitrogen and oxygen atoms in total. The Kier molecular flexibility index (Phi) is 2.18. The summed E-state index contributed by atoms with van der Waals surface area (Å²) in [5.41, 5.74) is 3.26. The minimum absolute atomic E-state index is 0.0325. The lowest BCUT2D eigenvalue weighted by Gasteiger charge is -2.21. The van der Waals surface area contributed by atoms with E-state index in [1.165, 1.54) is 6.40 Å². The molecule has 0 N–H and O–H groups in total. The lowest BCUT2D eigenvalue weighted by atomic mass is 9.99. The third kappa shape index (κ3) is 1.48. The number of hydrogen-bond acceptors (Lipinski definition) is 2. The van der Waals surface area contributed by atoms with Crippen molar-refractivity contribution >= 4 is 12.1 Å². The summed E-state index contributed by atoms with van der Waals surface area (Å²) in [5.74, 6) is 0. The lowest BCUT2D eigenvalue weighted by Crippen LogP contribution is -2.08. The van der Waals surface area contributed by atoms with Crippen LogP contribution >= 0.6 is 0 Å². The SMILES string of the molecule is C1=Nc2ccccc2C(c2ccccc2)O1. The van der Waals surface area contributed by atoms with E-state index in [1.807, 2.05) is 36.4 Å². The van der Waals surface area contributed by atoms with E-state index in [0.717, 1.165) is 16.8 Å². The molecule has 2 aromatic carbocycles. The molecule has 0 saturated carbocycles.